The molecule has 6 heteroatoms. The molecule has 14 heavy (non-hydrogen) atoms. The monoisotopic (exact) mass is 221 g/mol. The first-order valence-corrected chi connectivity index (χ1v) is 4.90. The van der Waals surface area contributed by atoms with Crippen molar-refractivity contribution in [2.45, 2.75) is 39.2 Å². The van der Waals surface area contributed by atoms with Gasteiger partial charge in [-0.25, -0.2) is 8.78 Å². The SMILES string of the molecule is CCC(C)c1n[nH]c(=S)n1CC(F)F. The van der Waals surface area contributed by atoms with Gasteiger partial charge >= 0.3 is 0 Å². The van der Waals surface area contributed by atoms with Gasteiger partial charge in [0, 0.05) is 5.92 Å². The molecule has 1 aromatic rings. The highest BCUT2D eigenvalue weighted by Gasteiger charge is 2.15. The number of nitrogens with one attached hydrogen (secondary N) is 1. The minimum atomic E-state index is -2.40. The highest BCUT2D eigenvalue weighted by Crippen LogP contribution is 2.17. The standard InChI is InChI=1S/C8H13F2N3S/c1-3-5(2)7-11-12-8(14)13(7)4-6(9)10/h5-6H,3-4H2,1-2H3,(H,12,14). The molecule has 0 aliphatic carbocycles. The molecule has 0 saturated heterocycles. The zero-order valence-corrected chi connectivity index (χ0v) is 8.94. The first-order chi connectivity index (χ1) is 6.56. The van der Waals surface area contributed by atoms with Gasteiger partial charge in [0.1, 0.15) is 5.82 Å². The van der Waals surface area contributed by atoms with Crippen LogP contribution in [0, 0.1) is 4.77 Å². The molecule has 0 aromatic carbocycles. The molecule has 0 amide bonds. The van der Waals surface area contributed by atoms with Gasteiger partial charge in [-0.3, -0.25) is 9.67 Å². The first kappa shape index (κ1) is 11.3. The molecule has 0 aliphatic heterocycles. The van der Waals surface area contributed by atoms with E-state index in [0.29, 0.717) is 5.82 Å². The molecule has 1 N–H and O–H groups in total. The second-order valence-corrected chi connectivity index (χ2v) is 3.58. The third kappa shape index (κ3) is 2.37. The minimum Gasteiger partial charge on any atom is -0.298 e. The summed E-state index contributed by atoms with van der Waals surface area (Å²) in [7, 11) is 0. The quantitative estimate of drug-likeness (QED) is 0.793. The molecule has 80 valence electrons. The van der Waals surface area contributed by atoms with Gasteiger partial charge in [0.05, 0.1) is 6.54 Å². The summed E-state index contributed by atoms with van der Waals surface area (Å²) in [6, 6.07) is 0. The van der Waals surface area contributed by atoms with Crippen LogP contribution in [-0.2, 0) is 6.54 Å². The smallest absolute Gasteiger partial charge is 0.256 e. The third-order valence-corrected chi connectivity index (χ3v) is 2.47. The summed E-state index contributed by atoms with van der Waals surface area (Å²) in [4.78, 5) is 0. The van der Waals surface area contributed by atoms with Gasteiger partial charge in [-0.1, -0.05) is 13.8 Å². The molecule has 0 saturated carbocycles. The Hall–Kier alpha value is -0.780. The van der Waals surface area contributed by atoms with E-state index in [1.54, 1.807) is 0 Å². The molecule has 1 aromatic heterocycles. The zero-order valence-electron chi connectivity index (χ0n) is 8.13. The lowest BCUT2D eigenvalue weighted by Crippen LogP contribution is -2.12. The summed E-state index contributed by atoms with van der Waals surface area (Å²) >= 11 is 4.87. The van der Waals surface area contributed by atoms with Gasteiger partial charge in [-0.05, 0) is 18.6 Å². The highest BCUT2D eigenvalue weighted by atomic mass is 32.1. The Morgan fingerprint density at radius 3 is 2.71 bits per heavy atom. The highest BCUT2D eigenvalue weighted by molar-refractivity contribution is 7.71. The predicted octanol–water partition coefficient (Wildman–Crippen LogP) is 2.72. The van der Waals surface area contributed by atoms with Crippen LogP contribution in [0.15, 0.2) is 0 Å². The Morgan fingerprint density at radius 2 is 2.21 bits per heavy atom. The Kier molecular flexibility index (Phi) is 3.74. The van der Waals surface area contributed by atoms with E-state index >= 15 is 0 Å². The van der Waals surface area contributed by atoms with Crippen LogP contribution in [0.4, 0.5) is 8.78 Å². The van der Waals surface area contributed by atoms with Crippen LogP contribution in [-0.4, -0.2) is 21.2 Å². The lowest BCUT2D eigenvalue weighted by molar-refractivity contribution is 0.124. The van der Waals surface area contributed by atoms with Gasteiger partial charge in [-0.2, -0.15) is 5.10 Å². The van der Waals surface area contributed by atoms with E-state index in [9.17, 15) is 8.78 Å². The first-order valence-electron chi connectivity index (χ1n) is 4.49. The van der Waals surface area contributed by atoms with Gasteiger partial charge in [-0.15, -0.1) is 0 Å². The van der Waals surface area contributed by atoms with Crippen molar-refractivity contribution < 1.29 is 8.78 Å². The summed E-state index contributed by atoms with van der Waals surface area (Å²) in [5.41, 5.74) is 0. The minimum absolute atomic E-state index is 0.140. The van der Waals surface area contributed by atoms with Crippen molar-refractivity contribution in [3.8, 4) is 0 Å². The van der Waals surface area contributed by atoms with Gasteiger partial charge < -0.3 is 0 Å². The second kappa shape index (κ2) is 4.63. The summed E-state index contributed by atoms with van der Waals surface area (Å²) in [5.74, 6) is 0.750. The number of hydrogen-bond donors (Lipinski definition) is 1. The Bertz CT molecular complexity index is 345. The van der Waals surface area contributed by atoms with E-state index in [2.05, 4.69) is 10.2 Å². The largest absolute Gasteiger partial charge is 0.298 e. The van der Waals surface area contributed by atoms with Gasteiger partial charge in [0.2, 0.25) is 0 Å². The van der Waals surface area contributed by atoms with Crippen LogP contribution in [0.25, 0.3) is 0 Å². The van der Waals surface area contributed by atoms with Crippen LogP contribution in [0.3, 0.4) is 0 Å². The topological polar surface area (TPSA) is 33.6 Å². The van der Waals surface area contributed by atoms with Crippen molar-refractivity contribution in [3.63, 3.8) is 0 Å². The third-order valence-electron chi connectivity index (χ3n) is 2.16. The average molecular weight is 221 g/mol. The number of H-pyrrole nitrogens is 1. The van der Waals surface area contributed by atoms with Crippen molar-refractivity contribution in [3.05, 3.63) is 10.6 Å². The maximum atomic E-state index is 12.2. The number of hydrogen-bond acceptors (Lipinski definition) is 2. The molecule has 0 radical (unpaired) electrons. The Morgan fingerprint density at radius 1 is 1.57 bits per heavy atom. The maximum absolute atomic E-state index is 12.2. The molecule has 3 nitrogen and oxygen atoms in total. The van der Waals surface area contributed by atoms with Crippen molar-refractivity contribution in [1.82, 2.24) is 14.8 Å². The maximum Gasteiger partial charge on any atom is 0.256 e. The van der Waals surface area contributed by atoms with Crippen LogP contribution >= 0.6 is 12.2 Å². The molecule has 0 aliphatic rings. The van der Waals surface area contributed by atoms with Gasteiger partial charge in [0.25, 0.3) is 6.43 Å². The molecular formula is C8H13F2N3S. The van der Waals surface area contributed by atoms with Crippen molar-refractivity contribution >= 4 is 12.2 Å². The predicted molar refractivity (Wildman–Crippen MR) is 52.1 cm³/mol. The number of aromatic amines is 1. The van der Waals surface area contributed by atoms with Crippen molar-refractivity contribution in [2.24, 2.45) is 0 Å². The van der Waals surface area contributed by atoms with E-state index in [4.69, 9.17) is 12.2 Å². The molecular weight excluding hydrogens is 208 g/mol. The summed E-state index contributed by atoms with van der Waals surface area (Å²) in [5, 5.41) is 6.49. The summed E-state index contributed by atoms with van der Waals surface area (Å²) < 4.78 is 26.1. The zero-order chi connectivity index (χ0) is 10.7. The number of nitrogens with zero attached hydrogens (tertiary/aromatic N) is 2. The fraction of sp³-hybridized carbons (Fsp3) is 0.750. The molecule has 1 atom stereocenters. The molecule has 1 rings (SSSR count). The Balaban J connectivity index is 3.00. The summed E-state index contributed by atoms with van der Waals surface area (Å²) in [6.45, 7) is 3.54. The van der Waals surface area contributed by atoms with Gasteiger partial charge in [0.15, 0.2) is 4.77 Å². The number of rotatable bonds is 4. The van der Waals surface area contributed by atoms with E-state index in [1.165, 1.54) is 4.57 Å². The second-order valence-electron chi connectivity index (χ2n) is 3.20. The van der Waals surface area contributed by atoms with E-state index in [-0.39, 0.29) is 17.2 Å². The van der Waals surface area contributed by atoms with Crippen LogP contribution in [0.5, 0.6) is 0 Å². The van der Waals surface area contributed by atoms with Crippen LogP contribution in [0.2, 0.25) is 0 Å². The fourth-order valence-corrected chi connectivity index (χ4v) is 1.42. The van der Waals surface area contributed by atoms with Crippen molar-refractivity contribution in [2.75, 3.05) is 0 Å². The molecule has 0 spiro atoms. The fourth-order valence-electron chi connectivity index (χ4n) is 1.20. The van der Waals surface area contributed by atoms with Crippen molar-refractivity contribution in [1.29, 1.82) is 0 Å². The molecule has 1 unspecified atom stereocenters. The lowest BCUT2D eigenvalue weighted by atomic mass is 10.1. The Labute approximate surface area is 86.1 Å². The lowest BCUT2D eigenvalue weighted by Gasteiger charge is -2.10. The van der Waals surface area contributed by atoms with Crippen LogP contribution < -0.4 is 0 Å². The molecule has 1 heterocycles. The average Bonchev–Trinajstić information content (AvgIpc) is 2.46. The number of alkyl halides is 2. The van der Waals surface area contributed by atoms with E-state index in [1.807, 2.05) is 13.8 Å². The number of halogens is 2. The molecule has 0 bridgehead atoms. The van der Waals surface area contributed by atoms with Crippen LogP contribution in [0.1, 0.15) is 32.0 Å². The van der Waals surface area contributed by atoms with E-state index < -0.39 is 6.43 Å². The summed E-state index contributed by atoms with van der Waals surface area (Å²) in [6.07, 6.45) is -1.55. The molecule has 0 fully saturated rings. The normalized spacial score (nSPS) is 13.5. The van der Waals surface area contributed by atoms with E-state index in [0.717, 1.165) is 6.42 Å². The number of aromatic nitrogens is 3.